The molecule has 0 radical (unpaired) electrons. The number of nitrogens with zero attached hydrogens (tertiary/aromatic N) is 4. The highest BCUT2D eigenvalue weighted by Gasteiger charge is 2.08. The Hall–Kier alpha value is -2.37. The van der Waals surface area contributed by atoms with Crippen LogP contribution in [0.3, 0.4) is 0 Å². The fourth-order valence-electron chi connectivity index (χ4n) is 2.10. The van der Waals surface area contributed by atoms with Crippen LogP contribution in [0.1, 0.15) is 31.9 Å². The first-order valence-electron chi connectivity index (χ1n) is 7.96. The van der Waals surface area contributed by atoms with Crippen LogP contribution in [0.5, 0.6) is 0 Å². The van der Waals surface area contributed by atoms with Gasteiger partial charge in [0.15, 0.2) is 5.96 Å². The Morgan fingerprint density at radius 1 is 1.26 bits per heavy atom. The van der Waals surface area contributed by atoms with Gasteiger partial charge in [-0.05, 0) is 24.0 Å². The minimum Gasteiger partial charge on any atom is -0.354 e. The van der Waals surface area contributed by atoms with Gasteiger partial charge in [-0.2, -0.15) is 5.10 Å². The molecule has 1 atom stereocenters. The molecule has 1 heterocycles. The summed E-state index contributed by atoms with van der Waals surface area (Å²) >= 11 is 0. The van der Waals surface area contributed by atoms with E-state index in [2.05, 4.69) is 70.7 Å². The van der Waals surface area contributed by atoms with Crippen molar-refractivity contribution in [1.82, 2.24) is 25.4 Å². The van der Waals surface area contributed by atoms with E-state index < -0.39 is 0 Å². The number of rotatable bonds is 6. The predicted octanol–water partition coefficient (Wildman–Crippen LogP) is 2.04. The molecule has 2 rings (SSSR count). The molecule has 2 aromatic rings. The summed E-state index contributed by atoms with van der Waals surface area (Å²) in [6.07, 6.45) is 3.28. The second kappa shape index (κ2) is 8.31. The minimum atomic E-state index is 0.375. The van der Waals surface area contributed by atoms with Crippen LogP contribution in [0.2, 0.25) is 0 Å². The van der Waals surface area contributed by atoms with E-state index >= 15 is 0 Å². The molecule has 0 bridgehead atoms. The minimum absolute atomic E-state index is 0.375. The molecule has 0 spiro atoms. The van der Waals surface area contributed by atoms with Gasteiger partial charge in [0.05, 0.1) is 6.54 Å². The zero-order valence-corrected chi connectivity index (χ0v) is 14.3. The van der Waals surface area contributed by atoms with Gasteiger partial charge >= 0.3 is 0 Å². The summed E-state index contributed by atoms with van der Waals surface area (Å²) in [6, 6.07) is 8.82. The summed E-state index contributed by atoms with van der Waals surface area (Å²) in [4.78, 5) is 8.25. The zero-order valence-electron chi connectivity index (χ0n) is 14.3. The van der Waals surface area contributed by atoms with Gasteiger partial charge in [0.2, 0.25) is 0 Å². The van der Waals surface area contributed by atoms with Crippen LogP contribution < -0.4 is 10.6 Å². The van der Waals surface area contributed by atoms with Gasteiger partial charge in [0, 0.05) is 19.6 Å². The topological polar surface area (TPSA) is 67.1 Å². The molecule has 0 aliphatic carbocycles. The Kier molecular flexibility index (Phi) is 6.14. The Balaban J connectivity index is 1.92. The normalized spacial score (nSPS) is 13.2. The molecule has 6 heteroatoms. The molecule has 2 N–H and O–H groups in total. The van der Waals surface area contributed by atoms with E-state index in [0.717, 1.165) is 19.0 Å². The summed E-state index contributed by atoms with van der Waals surface area (Å²) in [5.74, 6) is 1.38. The third kappa shape index (κ3) is 5.39. The standard InChI is InChI=1S/C17H26N6/c1-13(2)14(3)22-17(18-4)20-9-15-6-5-7-16(8-15)10-23-12-19-11-21-23/h5-8,11-14H,9-10H2,1-4H3,(H2,18,20,22). The molecule has 6 nitrogen and oxygen atoms in total. The lowest BCUT2D eigenvalue weighted by Gasteiger charge is -2.20. The van der Waals surface area contributed by atoms with Gasteiger partial charge < -0.3 is 10.6 Å². The van der Waals surface area contributed by atoms with Crippen LogP contribution in [0.4, 0.5) is 0 Å². The van der Waals surface area contributed by atoms with Crippen LogP contribution in [-0.4, -0.2) is 33.8 Å². The first kappa shape index (κ1) is 17.0. The highest BCUT2D eigenvalue weighted by Crippen LogP contribution is 2.07. The lowest BCUT2D eigenvalue weighted by Crippen LogP contribution is -2.43. The van der Waals surface area contributed by atoms with Crippen molar-refractivity contribution in [3.05, 3.63) is 48.0 Å². The molecule has 0 aliphatic rings. The second-order valence-corrected chi connectivity index (χ2v) is 6.02. The number of hydrogen-bond acceptors (Lipinski definition) is 3. The number of aromatic nitrogens is 3. The molecular weight excluding hydrogens is 288 g/mol. The van der Waals surface area contributed by atoms with E-state index in [1.54, 1.807) is 19.7 Å². The summed E-state index contributed by atoms with van der Waals surface area (Å²) in [6.45, 7) is 8.01. The van der Waals surface area contributed by atoms with Gasteiger partial charge in [-0.3, -0.25) is 4.99 Å². The number of nitrogens with one attached hydrogen (secondary N) is 2. The van der Waals surface area contributed by atoms with E-state index in [0.29, 0.717) is 12.0 Å². The first-order chi connectivity index (χ1) is 11.1. The average Bonchev–Trinajstić information content (AvgIpc) is 3.04. The number of aliphatic imine (C=N–C) groups is 1. The summed E-state index contributed by atoms with van der Waals surface area (Å²) in [5.41, 5.74) is 2.41. The van der Waals surface area contributed by atoms with Crippen LogP contribution in [-0.2, 0) is 13.1 Å². The van der Waals surface area contributed by atoms with E-state index in [-0.39, 0.29) is 0 Å². The number of hydrogen-bond donors (Lipinski definition) is 2. The molecule has 124 valence electrons. The quantitative estimate of drug-likeness (QED) is 0.632. The molecule has 1 unspecified atom stereocenters. The lowest BCUT2D eigenvalue weighted by atomic mass is 10.1. The van der Waals surface area contributed by atoms with Crippen LogP contribution >= 0.6 is 0 Å². The van der Waals surface area contributed by atoms with Crippen molar-refractivity contribution in [1.29, 1.82) is 0 Å². The van der Waals surface area contributed by atoms with E-state index in [1.165, 1.54) is 11.1 Å². The predicted molar refractivity (Wildman–Crippen MR) is 93.2 cm³/mol. The van der Waals surface area contributed by atoms with Crippen molar-refractivity contribution in [2.75, 3.05) is 7.05 Å². The maximum Gasteiger partial charge on any atom is 0.191 e. The maximum absolute atomic E-state index is 4.28. The van der Waals surface area contributed by atoms with Crippen molar-refractivity contribution in [3.8, 4) is 0 Å². The first-order valence-corrected chi connectivity index (χ1v) is 7.96. The smallest absolute Gasteiger partial charge is 0.191 e. The Morgan fingerprint density at radius 3 is 2.70 bits per heavy atom. The van der Waals surface area contributed by atoms with Gasteiger partial charge in [0.1, 0.15) is 12.7 Å². The Morgan fingerprint density at radius 2 is 2.04 bits per heavy atom. The Labute approximate surface area is 138 Å². The summed E-state index contributed by atoms with van der Waals surface area (Å²) in [7, 11) is 1.80. The summed E-state index contributed by atoms with van der Waals surface area (Å²) in [5, 5.41) is 10.9. The average molecular weight is 314 g/mol. The molecule has 0 saturated carbocycles. The van der Waals surface area contributed by atoms with Crippen LogP contribution in [0.15, 0.2) is 41.9 Å². The number of guanidine groups is 1. The van der Waals surface area contributed by atoms with Crippen LogP contribution in [0, 0.1) is 5.92 Å². The molecule has 0 amide bonds. The van der Waals surface area contributed by atoms with Crippen molar-refractivity contribution >= 4 is 5.96 Å². The maximum atomic E-state index is 4.28. The fraction of sp³-hybridized carbons (Fsp3) is 0.471. The molecule has 0 saturated heterocycles. The van der Waals surface area contributed by atoms with Crippen molar-refractivity contribution in [3.63, 3.8) is 0 Å². The summed E-state index contributed by atoms with van der Waals surface area (Å²) < 4.78 is 1.82. The lowest BCUT2D eigenvalue weighted by molar-refractivity contribution is 0.481. The molecule has 23 heavy (non-hydrogen) atoms. The van der Waals surface area contributed by atoms with Gasteiger partial charge in [-0.1, -0.05) is 38.1 Å². The van der Waals surface area contributed by atoms with Gasteiger partial charge in [0.25, 0.3) is 0 Å². The third-order valence-corrected chi connectivity index (χ3v) is 3.85. The largest absolute Gasteiger partial charge is 0.354 e. The fourth-order valence-corrected chi connectivity index (χ4v) is 2.10. The third-order valence-electron chi connectivity index (χ3n) is 3.85. The van der Waals surface area contributed by atoms with E-state index in [4.69, 9.17) is 0 Å². The molecule has 1 aromatic carbocycles. The molecule has 0 aliphatic heterocycles. The number of benzene rings is 1. The van der Waals surface area contributed by atoms with Gasteiger partial charge in [-0.25, -0.2) is 9.67 Å². The monoisotopic (exact) mass is 314 g/mol. The SMILES string of the molecule is CN=C(NCc1cccc(Cn2cncn2)c1)NC(C)C(C)C. The van der Waals surface area contributed by atoms with Crippen molar-refractivity contribution in [2.24, 2.45) is 10.9 Å². The molecular formula is C17H26N6. The van der Waals surface area contributed by atoms with E-state index in [9.17, 15) is 0 Å². The van der Waals surface area contributed by atoms with E-state index in [1.807, 2.05) is 4.68 Å². The Bertz CT molecular complexity index is 618. The second-order valence-electron chi connectivity index (χ2n) is 6.02. The van der Waals surface area contributed by atoms with Crippen molar-refractivity contribution in [2.45, 2.75) is 39.9 Å². The zero-order chi connectivity index (χ0) is 16.7. The van der Waals surface area contributed by atoms with Crippen molar-refractivity contribution < 1.29 is 0 Å². The molecule has 1 aromatic heterocycles. The highest BCUT2D eigenvalue weighted by molar-refractivity contribution is 5.79. The molecule has 0 fully saturated rings. The van der Waals surface area contributed by atoms with Crippen LogP contribution in [0.25, 0.3) is 0 Å². The highest BCUT2D eigenvalue weighted by atomic mass is 15.3. The van der Waals surface area contributed by atoms with Gasteiger partial charge in [-0.15, -0.1) is 0 Å².